The fourth-order valence-electron chi connectivity index (χ4n) is 2.22. The minimum atomic E-state index is -3.59. The van der Waals surface area contributed by atoms with Gasteiger partial charge in [-0.05, 0) is 30.7 Å². The molecule has 0 spiro atoms. The van der Waals surface area contributed by atoms with Crippen molar-refractivity contribution in [3.8, 4) is 0 Å². The number of sulfonamides is 1. The number of carbonyl (C=O) groups is 1. The molecule has 0 radical (unpaired) electrons. The van der Waals surface area contributed by atoms with Crippen molar-refractivity contribution in [1.82, 2.24) is 4.72 Å². The zero-order valence-corrected chi connectivity index (χ0v) is 12.3. The summed E-state index contributed by atoms with van der Waals surface area (Å²) in [7, 11) is -3.59. The van der Waals surface area contributed by atoms with E-state index in [9.17, 15) is 13.2 Å². The molecule has 0 amide bonds. The summed E-state index contributed by atoms with van der Waals surface area (Å²) in [6.45, 7) is 2.51. The van der Waals surface area contributed by atoms with Gasteiger partial charge in [0.25, 0.3) is 0 Å². The van der Waals surface area contributed by atoms with E-state index >= 15 is 0 Å². The first-order valence-corrected chi connectivity index (χ1v) is 8.56. The van der Waals surface area contributed by atoms with Crippen LogP contribution in [0.1, 0.15) is 43.0 Å². The molecule has 0 aromatic carbocycles. The summed E-state index contributed by atoms with van der Waals surface area (Å²) in [6, 6.07) is 1.20. The van der Waals surface area contributed by atoms with E-state index in [1.165, 1.54) is 11.4 Å². The van der Waals surface area contributed by atoms with Crippen molar-refractivity contribution in [1.29, 1.82) is 0 Å². The van der Waals surface area contributed by atoms with Crippen LogP contribution in [0, 0.1) is 5.41 Å². The lowest BCUT2D eigenvalue weighted by atomic mass is 9.67. The molecule has 0 bridgehead atoms. The third-order valence-electron chi connectivity index (χ3n) is 3.89. The molecule has 1 fully saturated rings. The van der Waals surface area contributed by atoms with Crippen molar-refractivity contribution < 1.29 is 18.3 Å². The lowest BCUT2D eigenvalue weighted by molar-refractivity contribution is 0.0697. The number of hydrogen-bond acceptors (Lipinski definition) is 4. The fourth-order valence-corrected chi connectivity index (χ4v) is 4.58. The Morgan fingerprint density at radius 2 is 2.21 bits per heavy atom. The van der Waals surface area contributed by atoms with Gasteiger partial charge >= 0.3 is 5.97 Å². The lowest BCUT2D eigenvalue weighted by Crippen LogP contribution is -2.41. The van der Waals surface area contributed by atoms with Crippen LogP contribution in [0.15, 0.2) is 15.7 Å². The van der Waals surface area contributed by atoms with Crippen LogP contribution >= 0.6 is 11.3 Å². The van der Waals surface area contributed by atoms with Crippen molar-refractivity contribution in [3.63, 3.8) is 0 Å². The van der Waals surface area contributed by atoms with Gasteiger partial charge in [0, 0.05) is 11.9 Å². The van der Waals surface area contributed by atoms with Crippen LogP contribution < -0.4 is 4.72 Å². The Morgan fingerprint density at radius 1 is 1.53 bits per heavy atom. The molecule has 0 atom stereocenters. The standard InChI is InChI=1S/C12H17NO4S2/c1-2-12(4-3-5-12)8-13-19(16,17)10-6-9(7-18-10)11(14)15/h6-7,13H,2-5,8H2,1H3,(H,14,15). The zero-order valence-electron chi connectivity index (χ0n) is 10.7. The third-order valence-corrected chi connectivity index (χ3v) is 6.73. The molecule has 1 aliphatic rings. The average Bonchev–Trinajstić information content (AvgIpc) is 2.78. The van der Waals surface area contributed by atoms with Crippen molar-refractivity contribution in [2.24, 2.45) is 5.41 Å². The molecule has 0 aliphatic heterocycles. The normalized spacial score (nSPS) is 17.9. The van der Waals surface area contributed by atoms with Crippen LogP contribution in [0.25, 0.3) is 0 Å². The second-order valence-corrected chi connectivity index (χ2v) is 7.90. The van der Waals surface area contributed by atoms with E-state index in [1.807, 2.05) is 0 Å². The molecule has 1 aromatic heterocycles. The lowest BCUT2D eigenvalue weighted by Gasteiger charge is -2.41. The molecule has 1 aromatic rings. The first-order valence-electron chi connectivity index (χ1n) is 6.20. The summed E-state index contributed by atoms with van der Waals surface area (Å²) in [5.74, 6) is -1.11. The number of carboxylic acids is 1. The Bertz CT molecular complexity index is 567. The number of nitrogens with one attached hydrogen (secondary N) is 1. The van der Waals surface area contributed by atoms with Gasteiger partial charge in [-0.25, -0.2) is 17.9 Å². The van der Waals surface area contributed by atoms with Crippen molar-refractivity contribution in [2.75, 3.05) is 6.54 Å². The van der Waals surface area contributed by atoms with Gasteiger partial charge in [0.05, 0.1) is 5.56 Å². The third kappa shape index (κ3) is 2.98. The minimum absolute atomic E-state index is 0.0132. The molecule has 1 heterocycles. The summed E-state index contributed by atoms with van der Waals surface area (Å²) in [4.78, 5) is 10.8. The Morgan fingerprint density at radius 3 is 2.63 bits per heavy atom. The maximum atomic E-state index is 12.1. The molecular weight excluding hydrogens is 286 g/mol. The number of thiophene rings is 1. The molecule has 1 saturated carbocycles. The van der Waals surface area contributed by atoms with E-state index in [4.69, 9.17) is 5.11 Å². The van der Waals surface area contributed by atoms with Gasteiger partial charge in [-0.2, -0.15) is 0 Å². The average molecular weight is 303 g/mol. The van der Waals surface area contributed by atoms with Crippen molar-refractivity contribution in [2.45, 2.75) is 36.8 Å². The van der Waals surface area contributed by atoms with E-state index in [2.05, 4.69) is 11.6 Å². The monoisotopic (exact) mass is 303 g/mol. The van der Waals surface area contributed by atoms with Crippen molar-refractivity contribution >= 4 is 27.3 Å². The highest BCUT2D eigenvalue weighted by Gasteiger charge is 2.36. The second-order valence-electron chi connectivity index (χ2n) is 4.99. The molecule has 5 nitrogen and oxygen atoms in total. The van der Waals surface area contributed by atoms with E-state index in [1.54, 1.807) is 0 Å². The first-order chi connectivity index (χ1) is 8.88. The van der Waals surface area contributed by atoms with E-state index in [-0.39, 0.29) is 15.2 Å². The summed E-state index contributed by atoms with van der Waals surface area (Å²) in [5, 5.41) is 10.1. The Hall–Kier alpha value is -0.920. The number of hydrogen-bond donors (Lipinski definition) is 2. The number of aromatic carboxylic acids is 1. The molecule has 2 rings (SSSR count). The van der Waals surface area contributed by atoms with Gasteiger partial charge in [0.2, 0.25) is 10.0 Å². The predicted molar refractivity (Wildman–Crippen MR) is 73.0 cm³/mol. The smallest absolute Gasteiger partial charge is 0.336 e. The minimum Gasteiger partial charge on any atom is -0.478 e. The van der Waals surface area contributed by atoms with Crippen molar-refractivity contribution in [3.05, 3.63) is 17.0 Å². The Labute approximate surface area is 116 Å². The van der Waals surface area contributed by atoms with Gasteiger partial charge in [-0.3, -0.25) is 0 Å². The van der Waals surface area contributed by atoms with E-state index < -0.39 is 16.0 Å². The van der Waals surface area contributed by atoms with Gasteiger partial charge in [-0.15, -0.1) is 11.3 Å². The number of rotatable bonds is 6. The van der Waals surface area contributed by atoms with Gasteiger partial charge in [0.1, 0.15) is 4.21 Å². The topological polar surface area (TPSA) is 83.5 Å². The molecule has 1 aliphatic carbocycles. The zero-order chi connectivity index (χ0) is 14.1. The molecule has 19 heavy (non-hydrogen) atoms. The van der Waals surface area contributed by atoms with E-state index in [0.717, 1.165) is 37.0 Å². The van der Waals surface area contributed by atoms with E-state index in [0.29, 0.717) is 6.54 Å². The highest BCUT2D eigenvalue weighted by Crippen LogP contribution is 2.43. The van der Waals surface area contributed by atoms with Gasteiger partial charge < -0.3 is 5.11 Å². The van der Waals surface area contributed by atoms with Crippen LogP contribution in [0.2, 0.25) is 0 Å². The highest BCUT2D eigenvalue weighted by atomic mass is 32.2. The largest absolute Gasteiger partial charge is 0.478 e. The Kier molecular flexibility index (Phi) is 3.98. The first kappa shape index (κ1) is 14.5. The SMILES string of the molecule is CCC1(CNS(=O)(=O)c2cc(C(=O)O)cs2)CCC1. The van der Waals surface area contributed by atoms with Crippen LogP contribution in [-0.2, 0) is 10.0 Å². The van der Waals surface area contributed by atoms with Crippen LogP contribution in [0.3, 0.4) is 0 Å². The summed E-state index contributed by atoms with van der Waals surface area (Å²) < 4.78 is 26.8. The quantitative estimate of drug-likeness (QED) is 0.844. The molecule has 0 saturated heterocycles. The molecule has 106 valence electrons. The summed E-state index contributed by atoms with van der Waals surface area (Å²) in [5.41, 5.74) is 0.110. The summed E-state index contributed by atoms with van der Waals surface area (Å²) >= 11 is 0.937. The Balaban J connectivity index is 2.07. The van der Waals surface area contributed by atoms with Gasteiger partial charge in [-0.1, -0.05) is 13.3 Å². The predicted octanol–water partition coefficient (Wildman–Crippen LogP) is 2.30. The molecule has 0 unspecified atom stereocenters. The molecule has 2 N–H and O–H groups in total. The fraction of sp³-hybridized carbons (Fsp3) is 0.583. The number of carboxylic acid groups (broad SMARTS) is 1. The maximum Gasteiger partial charge on any atom is 0.336 e. The highest BCUT2D eigenvalue weighted by molar-refractivity contribution is 7.91. The molecule has 7 heteroatoms. The van der Waals surface area contributed by atoms with Crippen LogP contribution in [0.4, 0.5) is 0 Å². The van der Waals surface area contributed by atoms with Crippen LogP contribution in [0.5, 0.6) is 0 Å². The summed E-state index contributed by atoms with van der Waals surface area (Å²) in [6.07, 6.45) is 4.21. The maximum absolute atomic E-state index is 12.1. The van der Waals surface area contributed by atoms with Gasteiger partial charge in [0.15, 0.2) is 0 Å². The molecular formula is C12H17NO4S2. The van der Waals surface area contributed by atoms with Crippen LogP contribution in [-0.4, -0.2) is 26.0 Å². The second kappa shape index (κ2) is 5.22.